The summed E-state index contributed by atoms with van der Waals surface area (Å²) in [5.74, 6) is -0.485. The highest BCUT2D eigenvalue weighted by atomic mass is 16.5. The van der Waals surface area contributed by atoms with Gasteiger partial charge in [-0.05, 0) is 12.5 Å². The summed E-state index contributed by atoms with van der Waals surface area (Å²) < 4.78 is 5.02. The van der Waals surface area contributed by atoms with Gasteiger partial charge in [-0.3, -0.25) is 15.4 Å². The molecule has 0 aliphatic carbocycles. The Morgan fingerprint density at radius 1 is 1.32 bits per heavy atom. The van der Waals surface area contributed by atoms with Crippen molar-refractivity contribution in [3.8, 4) is 0 Å². The van der Waals surface area contributed by atoms with Crippen molar-refractivity contribution in [1.82, 2.24) is 10.6 Å². The van der Waals surface area contributed by atoms with Gasteiger partial charge in [0.1, 0.15) is 6.04 Å². The number of hydrogen-bond donors (Lipinski definition) is 3. The SMILES string of the molecule is COC[C@@H](C)N[C@@H](C(=O)NC(N)=O)c1ccccc1. The van der Waals surface area contributed by atoms with Crippen molar-refractivity contribution in [3.63, 3.8) is 0 Å². The third-order valence-electron chi connectivity index (χ3n) is 2.51. The van der Waals surface area contributed by atoms with Gasteiger partial charge in [-0.2, -0.15) is 0 Å². The van der Waals surface area contributed by atoms with Gasteiger partial charge in [0.25, 0.3) is 0 Å². The van der Waals surface area contributed by atoms with Crippen LogP contribution < -0.4 is 16.4 Å². The average Bonchev–Trinajstić information content (AvgIpc) is 2.36. The van der Waals surface area contributed by atoms with Crippen molar-refractivity contribution in [3.05, 3.63) is 35.9 Å². The highest BCUT2D eigenvalue weighted by Crippen LogP contribution is 2.13. The summed E-state index contributed by atoms with van der Waals surface area (Å²) in [6.45, 7) is 2.34. The standard InChI is InChI=1S/C13H19N3O3/c1-9(8-19-2)15-11(12(17)16-13(14)18)10-6-4-3-5-7-10/h3-7,9,11,15H,8H2,1-2H3,(H3,14,16,17,18)/t9-,11-/m1/s1. The molecule has 104 valence electrons. The van der Waals surface area contributed by atoms with E-state index in [1.54, 1.807) is 19.2 Å². The van der Waals surface area contributed by atoms with Crippen molar-refractivity contribution >= 4 is 11.9 Å². The minimum absolute atomic E-state index is 0.0474. The number of ether oxygens (including phenoxy) is 1. The Bertz CT molecular complexity index is 422. The maximum atomic E-state index is 12.0. The summed E-state index contributed by atoms with van der Waals surface area (Å²) in [7, 11) is 1.58. The third kappa shape index (κ3) is 5.07. The summed E-state index contributed by atoms with van der Waals surface area (Å²) in [6, 6.07) is 7.53. The zero-order valence-corrected chi connectivity index (χ0v) is 11.1. The Morgan fingerprint density at radius 3 is 2.47 bits per heavy atom. The number of primary amides is 1. The molecule has 1 aromatic rings. The van der Waals surface area contributed by atoms with Gasteiger partial charge in [0.2, 0.25) is 5.91 Å². The van der Waals surface area contributed by atoms with Crippen LogP contribution in [0.2, 0.25) is 0 Å². The molecule has 19 heavy (non-hydrogen) atoms. The Morgan fingerprint density at radius 2 is 1.95 bits per heavy atom. The lowest BCUT2D eigenvalue weighted by Gasteiger charge is -2.22. The van der Waals surface area contributed by atoms with Gasteiger partial charge in [-0.15, -0.1) is 0 Å². The van der Waals surface area contributed by atoms with E-state index in [1.165, 1.54) is 0 Å². The van der Waals surface area contributed by atoms with Gasteiger partial charge in [0, 0.05) is 13.2 Å². The highest BCUT2D eigenvalue weighted by molar-refractivity contribution is 5.96. The molecule has 0 saturated carbocycles. The first-order valence-corrected chi connectivity index (χ1v) is 5.94. The van der Waals surface area contributed by atoms with Crippen LogP contribution in [0.25, 0.3) is 0 Å². The molecule has 1 aromatic carbocycles. The lowest BCUT2D eigenvalue weighted by molar-refractivity contribution is -0.122. The van der Waals surface area contributed by atoms with Crippen LogP contribution in [0.1, 0.15) is 18.5 Å². The summed E-state index contributed by atoms with van der Waals surface area (Å²) >= 11 is 0. The molecule has 0 bridgehead atoms. The number of methoxy groups -OCH3 is 1. The first-order valence-electron chi connectivity index (χ1n) is 5.94. The zero-order valence-electron chi connectivity index (χ0n) is 11.1. The largest absolute Gasteiger partial charge is 0.383 e. The molecule has 0 heterocycles. The maximum absolute atomic E-state index is 12.0. The lowest BCUT2D eigenvalue weighted by Crippen LogP contribution is -2.46. The van der Waals surface area contributed by atoms with Crippen LogP contribution in [-0.4, -0.2) is 31.7 Å². The number of carbonyl (C=O) groups is 2. The first-order chi connectivity index (χ1) is 9.04. The fourth-order valence-electron chi connectivity index (χ4n) is 1.75. The van der Waals surface area contributed by atoms with Gasteiger partial charge in [0.05, 0.1) is 6.61 Å². The molecule has 6 nitrogen and oxygen atoms in total. The number of benzene rings is 1. The number of rotatable bonds is 6. The van der Waals surface area contributed by atoms with E-state index >= 15 is 0 Å². The molecule has 0 aromatic heterocycles. The molecule has 3 amide bonds. The van der Waals surface area contributed by atoms with Gasteiger partial charge in [-0.1, -0.05) is 30.3 Å². The van der Waals surface area contributed by atoms with Crippen molar-refractivity contribution in [2.45, 2.75) is 19.0 Å². The second-order valence-corrected chi connectivity index (χ2v) is 4.22. The molecular weight excluding hydrogens is 246 g/mol. The summed E-state index contributed by atoms with van der Waals surface area (Å²) in [5.41, 5.74) is 5.73. The van der Waals surface area contributed by atoms with Gasteiger partial charge in [-0.25, -0.2) is 4.79 Å². The van der Waals surface area contributed by atoms with Crippen LogP contribution in [-0.2, 0) is 9.53 Å². The predicted molar refractivity (Wildman–Crippen MR) is 71.4 cm³/mol. The van der Waals surface area contributed by atoms with E-state index in [1.807, 2.05) is 25.1 Å². The van der Waals surface area contributed by atoms with Gasteiger partial charge in [0.15, 0.2) is 0 Å². The minimum Gasteiger partial charge on any atom is -0.383 e. The van der Waals surface area contributed by atoms with Crippen molar-refractivity contribution in [2.75, 3.05) is 13.7 Å². The zero-order chi connectivity index (χ0) is 14.3. The Kier molecular flexibility index (Phi) is 5.98. The van der Waals surface area contributed by atoms with E-state index < -0.39 is 18.0 Å². The minimum atomic E-state index is -0.868. The number of urea groups is 1. The van der Waals surface area contributed by atoms with E-state index in [0.717, 1.165) is 5.56 Å². The predicted octanol–water partition coefficient (Wildman–Crippen LogP) is 0.547. The summed E-state index contributed by atoms with van der Waals surface area (Å²) in [5, 5.41) is 5.18. The maximum Gasteiger partial charge on any atom is 0.318 e. The molecule has 0 saturated heterocycles. The van der Waals surface area contributed by atoms with E-state index in [4.69, 9.17) is 10.5 Å². The molecule has 0 spiro atoms. The summed E-state index contributed by atoms with van der Waals surface area (Å²) in [6.07, 6.45) is 0. The molecule has 0 radical (unpaired) electrons. The first kappa shape index (κ1) is 15.1. The summed E-state index contributed by atoms with van der Waals surface area (Å²) in [4.78, 5) is 22.8. The van der Waals surface area contributed by atoms with Crippen LogP contribution in [0.15, 0.2) is 30.3 Å². The highest BCUT2D eigenvalue weighted by Gasteiger charge is 2.23. The third-order valence-corrected chi connectivity index (χ3v) is 2.51. The smallest absolute Gasteiger partial charge is 0.318 e. The Balaban J connectivity index is 2.85. The van der Waals surface area contributed by atoms with Crippen molar-refractivity contribution in [1.29, 1.82) is 0 Å². The molecule has 6 heteroatoms. The second-order valence-electron chi connectivity index (χ2n) is 4.22. The van der Waals surface area contributed by atoms with E-state index in [2.05, 4.69) is 10.6 Å². The number of amides is 3. The normalized spacial score (nSPS) is 13.6. The fourth-order valence-corrected chi connectivity index (χ4v) is 1.75. The molecule has 1 rings (SSSR count). The lowest BCUT2D eigenvalue weighted by atomic mass is 10.1. The number of imide groups is 1. The molecule has 0 aliphatic heterocycles. The van der Waals surface area contributed by atoms with Gasteiger partial charge >= 0.3 is 6.03 Å². The molecule has 0 aliphatic rings. The molecule has 2 atom stereocenters. The van der Waals surface area contributed by atoms with Crippen LogP contribution in [0.5, 0.6) is 0 Å². The monoisotopic (exact) mass is 265 g/mol. The van der Waals surface area contributed by atoms with E-state index in [9.17, 15) is 9.59 Å². The number of nitrogens with one attached hydrogen (secondary N) is 2. The van der Waals surface area contributed by atoms with E-state index in [0.29, 0.717) is 6.61 Å². The average molecular weight is 265 g/mol. The molecule has 0 unspecified atom stereocenters. The van der Waals surface area contributed by atoms with Crippen LogP contribution in [0, 0.1) is 0 Å². The van der Waals surface area contributed by atoms with E-state index in [-0.39, 0.29) is 6.04 Å². The van der Waals surface area contributed by atoms with Crippen LogP contribution >= 0.6 is 0 Å². The quantitative estimate of drug-likeness (QED) is 0.700. The number of hydrogen-bond acceptors (Lipinski definition) is 4. The van der Waals surface area contributed by atoms with Gasteiger partial charge < -0.3 is 10.5 Å². The molecule has 4 N–H and O–H groups in total. The number of carbonyl (C=O) groups excluding carboxylic acids is 2. The molecule has 0 fully saturated rings. The number of nitrogens with two attached hydrogens (primary N) is 1. The second kappa shape index (κ2) is 7.50. The Hall–Kier alpha value is -1.92. The van der Waals surface area contributed by atoms with Crippen molar-refractivity contribution in [2.24, 2.45) is 5.73 Å². The molecular formula is C13H19N3O3. The Labute approximate surface area is 112 Å². The van der Waals surface area contributed by atoms with Crippen LogP contribution in [0.4, 0.5) is 4.79 Å². The van der Waals surface area contributed by atoms with Crippen molar-refractivity contribution < 1.29 is 14.3 Å². The fraction of sp³-hybridized carbons (Fsp3) is 0.385. The topological polar surface area (TPSA) is 93.4 Å². The van der Waals surface area contributed by atoms with Crippen LogP contribution in [0.3, 0.4) is 0 Å².